The summed E-state index contributed by atoms with van der Waals surface area (Å²) in [7, 11) is 1.56. The molecule has 3 heterocycles. The van der Waals surface area contributed by atoms with Gasteiger partial charge in [0.2, 0.25) is 0 Å². The first-order valence-electron chi connectivity index (χ1n) is 14.9. The zero-order chi connectivity index (χ0) is 32.5. The Hall–Kier alpha value is -5.29. The molecule has 0 radical (unpaired) electrons. The van der Waals surface area contributed by atoms with Crippen LogP contribution in [0.2, 0.25) is 0 Å². The fraction of sp³-hybridized carbons (Fsp3) is 0.229. The molecule has 6 rings (SSSR count). The minimum absolute atomic E-state index is 0.00656. The van der Waals surface area contributed by atoms with Crippen molar-refractivity contribution in [3.05, 3.63) is 125 Å². The molecule has 2 aromatic heterocycles. The number of nitro groups is 1. The Balaban J connectivity index is 1.57. The zero-order valence-corrected chi connectivity index (χ0v) is 26.6. The van der Waals surface area contributed by atoms with Gasteiger partial charge < -0.3 is 13.9 Å². The molecule has 0 fully saturated rings. The summed E-state index contributed by atoms with van der Waals surface area (Å²) in [4.78, 5) is 44.3. The average Bonchev–Trinajstić information content (AvgIpc) is 3.64. The number of esters is 1. The molecule has 234 valence electrons. The van der Waals surface area contributed by atoms with Crippen molar-refractivity contribution in [2.75, 3.05) is 13.7 Å². The second-order valence-corrected chi connectivity index (χ2v) is 11.8. The molecule has 11 heteroatoms. The van der Waals surface area contributed by atoms with E-state index in [1.165, 1.54) is 17.4 Å². The third-order valence-electron chi connectivity index (χ3n) is 7.91. The van der Waals surface area contributed by atoms with Crippen LogP contribution in [0.15, 0.2) is 92.2 Å². The van der Waals surface area contributed by atoms with E-state index in [-0.39, 0.29) is 17.9 Å². The number of carbonyl (C=O) groups excluding carboxylic acids is 1. The van der Waals surface area contributed by atoms with E-state index in [2.05, 4.69) is 0 Å². The standard InChI is InChI=1S/C35H31N3O7S/c1-5-9-25-31(34(40)44-6-2)32(30-24-11-8-7-10-21(24)14-16-28(30)43-4)37-33(39)29(46-35(37)36-25)19-23-15-17-27(45-23)22-13-12-20(3)26(18-22)38(41)42/h7-8,10-19,32H,5-6,9H2,1-4H3/b29-19-. The maximum absolute atomic E-state index is 14.3. The number of hydrogen-bond acceptors (Lipinski definition) is 9. The Labute approximate surface area is 267 Å². The van der Waals surface area contributed by atoms with Crippen molar-refractivity contribution in [3.8, 4) is 17.1 Å². The number of ether oxygens (including phenoxy) is 2. The first-order valence-corrected chi connectivity index (χ1v) is 15.7. The van der Waals surface area contributed by atoms with Crippen LogP contribution in [-0.4, -0.2) is 29.2 Å². The van der Waals surface area contributed by atoms with Gasteiger partial charge in [-0.2, -0.15) is 0 Å². The molecule has 0 amide bonds. The predicted octanol–water partition coefficient (Wildman–Crippen LogP) is 6.22. The number of thiazole rings is 1. The number of hydrogen-bond donors (Lipinski definition) is 0. The van der Waals surface area contributed by atoms with E-state index in [4.69, 9.17) is 18.9 Å². The van der Waals surface area contributed by atoms with E-state index >= 15 is 0 Å². The smallest absolute Gasteiger partial charge is 0.338 e. The summed E-state index contributed by atoms with van der Waals surface area (Å²) in [6.45, 7) is 5.59. The third-order valence-corrected chi connectivity index (χ3v) is 8.89. The highest BCUT2D eigenvalue weighted by molar-refractivity contribution is 7.07. The maximum Gasteiger partial charge on any atom is 0.338 e. The van der Waals surface area contributed by atoms with Crippen molar-refractivity contribution in [2.24, 2.45) is 4.99 Å². The summed E-state index contributed by atoms with van der Waals surface area (Å²) in [5, 5.41) is 13.2. The van der Waals surface area contributed by atoms with Crippen LogP contribution >= 0.6 is 11.3 Å². The number of rotatable bonds is 9. The molecule has 0 saturated heterocycles. The number of nitrogens with zero attached hydrogens (tertiary/aromatic N) is 3. The topological polar surface area (TPSA) is 126 Å². The van der Waals surface area contributed by atoms with E-state index < -0.39 is 16.9 Å². The van der Waals surface area contributed by atoms with Crippen molar-refractivity contribution < 1.29 is 23.6 Å². The van der Waals surface area contributed by atoms with E-state index in [9.17, 15) is 19.7 Å². The number of nitro benzene ring substituents is 1. The van der Waals surface area contributed by atoms with Crippen molar-refractivity contribution >= 4 is 39.8 Å². The van der Waals surface area contributed by atoms with Crippen LogP contribution in [-0.2, 0) is 9.53 Å². The monoisotopic (exact) mass is 637 g/mol. The van der Waals surface area contributed by atoms with E-state index in [1.807, 2.05) is 43.3 Å². The molecule has 3 aromatic carbocycles. The summed E-state index contributed by atoms with van der Waals surface area (Å²) >= 11 is 1.20. The van der Waals surface area contributed by atoms with Gasteiger partial charge in [-0.15, -0.1) is 0 Å². The van der Waals surface area contributed by atoms with Gasteiger partial charge in [0, 0.05) is 28.8 Å². The van der Waals surface area contributed by atoms with Gasteiger partial charge in [-0.1, -0.05) is 67.1 Å². The molecule has 0 aliphatic carbocycles. The highest BCUT2D eigenvalue weighted by atomic mass is 32.1. The quantitative estimate of drug-likeness (QED) is 0.107. The molecular weight excluding hydrogens is 606 g/mol. The van der Waals surface area contributed by atoms with Gasteiger partial charge in [0.25, 0.3) is 11.2 Å². The Kier molecular flexibility index (Phi) is 8.42. The molecule has 0 bridgehead atoms. The SMILES string of the molecule is CCCC1=C(C(=O)OCC)C(c2c(OC)ccc3ccccc23)n2c(s/c(=C\c3ccc(-c4ccc(C)c([N+](=O)[O-])c4)o3)c2=O)=N1. The summed E-state index contributed by atoms with van der Waals surface area (Å²) in [6, 6.07) is 19.0. The van der Waals surface area contributed by atoms with Gasteiger partial charge in [-0.05, 0) is 49.2 Å². The third kappa shape index (κ3) is 5.43. The number of aromatic nitrogens is 1. The lowest BCUT2D eigenvalue weighted by Gasteiger charge is -2.28. The van der Waals surface area contributed by atoms with Crippen LogP contribution in [0.1, 0.15) is 49.6 Å². The lowest BCUT2D eigenvalue weighted by Crippen LogP contribution is -2.40. The second kappa shape index (κ2) is 12.6. The van der Waals surface area contributed by atoms with Gasteiger partial charge >= 0.3 is 5.97 Å². The van der Waals surface area contributed by atoms with E-state index in [0.717, 1.165) is 17.2 Å². The van der Waals surface area contributed by atoms with Crippen LogP contribution in [0.5, 0.6) is 5.75 Å². The van der Waals surface area contributed by atoms with Crippen LogP contribution in [0.25, 0.3) is 28.2 Å². The minimum atomic E-state index is -0.861. The maximum atomic E-state index is 14.3. The molecule has 1 aliphatic heterocycles. The summed E-state index contributed by atoms with van der Waals surface area (Å²) in [6.07, 6.45) is 2.86. The number of allylic oxidation sites excluding steroid dienone is 1. The van der Waals surface area contributed by atoms with Crippen molar-refractivity contribution in [1.82, 2.24) is 4.57 Å². The van der Waals surface area contributed by atoms with Gasteiger partial charge in [0.1, 0.15) is 23.3 Å². The predicted molar refractivity (Wildman–Crippen MR) is 176 cm³/mol. The van der Waals surface area contributed by atoms with E-state index in [1.54, 1.807) is 55.9 Å². The number of carbonyl (C=O) groups is 1. The number of fused-ring (bicyclic) bond motifs is 2. The molecule has 0 spiro atoms. The molecule has 46 heavy (non-hydrogen) atoms. The normalized spacial score (nSPS) is 14.7. The van der Waals surface area contributed by atoms with Crippen LogP contribution in [0.3, 0.4) is 0 Å². The van der Waals surface area contributed by atoms with Crippen LogP contribution in [0, 0.1) is 17.0 Å². The number of benzene rings is 3. The Morgan fingerprint density at radius 1 is 1.13 bits per heavy atom. The first-order chi connectivity index (χ1) is 22.2. The van der Waals surface area contributed by atoms with Crippen molar-refractivity contribution in [3.63, 3.8) is 0 Å². The molecule has 10 nitrogen and oxygen atoms in total. The molecule has 1 unspecified atom stereocenters. The largest absolute Gasteiger partial charge is 0.496 e. The van der Waals surface area contributed by atoms with E-state index in [0.29, 0.717) is 61.0 Å². The van der Waals surface area contributed by atoms with Gasteiger partial charge in [-0.3, -0.25) is 19.5 Å². The second-order valence-electron chi connectivity index (χ2n) is 10.8. The first kappa shape index (κ1) is 30.7. The highest BCUT2D eigenvalue weighted by Crippen LogP contribution is 2.41. The lowest BCUT2D eigenvalue weighted by molar-refractivity contribution is -0.385. The van der Waals surface area contributed by atoms with Crippen LogP contribution < -0.4 is 19.6 Å². The van der Waals surface area contributed by atoms with Gasteiger partial charge in [0.05, 0.1) is 34.4 Å². The number of methoxy groups -OCH3 is 1. The average molecular weight is 638 g/mol. The molecule has 1 aliphatic rings. The lowest BCUT2D eigenvalue weighted by atomic mass is 9.90. The van der Waals surface area contributed by atoms with Gasteiger partial charge in [0.15, 0.2) is 4.80 Å². The number of furan rings is 1. The Morgan fingerprint density at radius 2 is 1.93 bits per heavy atom. The number of aryl methyl sites for hydroxylation is 1. The summed E-state index contributed by atoms with van der Waals surface area (Å²) in [5.41, 5.74) is 2.26. The van der Waals surface area contributed by atoms with Crippen LogP contribution in [0.4, 0.5) is 5.69 Å². The summed E-state index contributed by atoms with van der Waals surface area (Å²) < 4.78 is 19.3. The molecular formula is C35H31N3O7S. The summed E-state index contributed by atoms with van der Waals surface area (Å²) in [5.74, 6) is 0.809. The zero-order valence-electron chi connectivity index (χ0n) is 25.7. The Morgan fingerprint density at radius 3 is 2.67 bits per heavy atom. The van der Waals surface area contributed by atoms with Crippen molar-refractivity contribution in [2.45, 2.75) is 39.7 Å². The fourth-order valence-electron chi connectivity index (χ4n) is 5.80. The molecule has 0 saturated carbocycles. The van der Waals surface area contributed by atoms with Crippen molar-refractivity contribution in [1.29, 1.82) is 0 Å². The van der Waals surface area contributed by atoms with Gasteiger partial charge in [-0.25, -0.2) is 9.79 Å². The fourth-order valence-corrected chi connectivity index (χ4v) is 6.80. The Bertz CT molecular complexity index is 2220. The molecule has 1 atom stereocenters. The molecule has 0 N–H and O–H groups in total. The minimum Gasteiger partial charge on any atom is -0.496 e. The molecule has 5 aromatic rings. The highest BCUT2D eigenvalue weighted by Gasteiger charge is 2.37.